The number of aliphatic imine (C=N–C) groups is 1. The lowest BCUT2D eigenvalue weighted by Crippen LogP contribution is -2.61. The van der Waals surface area contributed by atoms with Crippen molar-refractivity contribution < 1.29 is 18.9 Å². The minimum absolute atomic E-state index is 0.0753. The van der Waals surface area contributed by atoms with Crippen molar-refractivity contribution >= 4 is 23.8 Å². The molecule has 3 aliphatic rings. The third-order valence-electron chi connectivity index (χ3n) is 3.62. The Morgan fingerprint density at radius 3 is 2.78 bits per heavy atom. The predicted octanol–water partition coefficient (Wildman–Crippen LogP) is -0.532. The average molecular weight is 251 g/mol. The van der Waals surface area contributed by atoms with Gasteiger partial charge in [-0.15, -0.1) is 0 Å². The van der Waals surface area contributed by atoms with Gasteiger partial charge in [-0.3, -0.25) is 14.6 Å². The first-order valence-electron chi connectivity index (χ1n) is 5.98. The van der Waals surface area contributed by atoms with Gasteiger partial charge in [-0.1, -0.05) is 6.92 Å². The fraction of sp³-hybridized carbons (Fsp3) is 0.636. The lowest BCUT2D eigenvalue weighted by Gasteiger charge is -2.30. The fourth-order valence-corrected chi connectivity index (χ4v) is 2.47. The first-order valence-corrected chi connectivity index (χ1v) is 5.98. The van der Waals surface area contributed by atoms with E-state index in [1.807, 2.05) is 11.5 Å². The van der Waals surface area contributed by atoms with Crippen LogP contribution in [0.3, 0.4) is 0 Å². The number of nitrogens with zero attached hydrogens (tertiary/aromatic N) is 4. The summed E-state index contributed by atoms with van der Waals surface area (Å²) in [6, 6.07) is -0.404. The second-order valence-corrected chi connectivity index (χ2v) is 4.69. The van der Waals surface area contributed by atoms with Crippen molar-refractivity contribution in [3.05, 3.63) is 0 Å². The van der Waals surface area contributed by atoms with E-state index in [4.69, 9.17) is 4.74 Å². The Hall–Kier alpha value is -1.92. The summed E-state index contributed by atoms with van der Waals surface area (Å²) in [4.78, 5) is 30.8. The summed E-state index contributed by atoms with van der Waals surface area (Å²) >= 11 is 0. The molecule has 0 radical (unpaired) electrons. The average Bonchev–Trinajstić information content (AvgIpc) is 2.90. The molecule has 3 heterocycles. The highest BCUT2D eigenvalue weighted by atomic mass is 16.5. The molecule has 0 aliphatic carbocycles. The van der Waals surface area contributed by atoms with Crippen molar-refractivity contribution in [2.45, 2.75) is 25.5 Å². The van der Waals surface area contributed by atoms with E-state index >= 15 is 0 Å². The van der Waals surface area contributed by atoms with Gasteiger partial charge in [0, 0.05) is 19.1 Å². The number of urea groups is 1. The number of rotatable bonds is 1. The van der Waals surface area contributed by atoms with Crippen molar-refractivity contribution in [3.8, 4) is 0 Å². The SMILES string of the molecule is CCC1C[N+]2=C(N=C3C2C(=O)N(C)C(=O)N3C)O1. The van der Waals surface area contributed by atoms with Crippen LogP contribution in [0.25, 0.3) is 0 Å². The largest absolute Gasteiger partial charge is 0.497 e. The van der Waals surface area contributed by atoms with E-state index in [0.717, 1.165) is 11.3 Å². The van der Waals surface area contributed by atoms with Gasteiger partial charge in [0.1, 0.15) is 12.6 Å². The van der Waals surface area contributed by atoms with E-state index < -0.39 is 6.04 Å². The highest BCUT2D eigenvalue weighted by Gasteiger charge is 2.56. The molecule has 0 bridgehead atoms. The highest BCUT2D eigenvalue weighted by Crippen LogP contribution is 2.23. The van der Waals surface area contributed by atoms with Crippen LogP contribution in [0.1, 0.15) is 13.3 Å². The van der Waals surface area contributed by atoms with Crippen LogP contribution in [0.15, 0.2) is 4.99 Å². The quantitative estimate of drug-likeness (QED) is 0.588. The zero-order valence-corrected chi connectivity index (χ0v) is 10.6. The van der Waals surface area contributed by atoms with Crippen LogP contribution in [0, 0.1) is 0 Å². The summed E-state index contributed by atoms with van der Waals surface area (Å²) in [7, 11) is 3.11. The van der Waals surface area contributed by atoms with Crippen molar-refractivity contribution in [1.29, 1.82) is 0 Å². The number of carbonyl (C=O) groups excluding carboxylic acids is 2. The molecule has 0 aromatic carbocycles. The van der Waals surface area contributed by atoms with Gasteiger partial charge in [0.15, 0.2) is 0 Å². The maximum Gasteiger partial charge on any atom is 0.497 e. The second kappa shape index (κ2) is 3.54. The van der Waals surface area contributed by atoms with E-state index in [1.165, 1.54) is 11.9 Å². The molecule has 0 spiro atoms. The normalized spacial score (nSPS) is 30.5. The molecule has 96 valence electrons. The Morgan fingerprint density at radius 1 is 1.39 bits per heavy atom. The van der Waals surface area contributed by atoms with E-state index in [9.17, 15) is 9.59 Å². The summed E-state index contributed by atoms with van der Waals surface area (Å²) in [5.74, 6) is 0.222. The minimum Gasteiger partial charge on any atom is -0.421 e. The van der Waals surface area contributed by atoms with Gasteiger partial charge >= 0.3 is 12.1 Å². The highest BCUT2D eigenvalue weighted by molar-refractivity contribution is 6.22. The van der Waals surface area contributed by atoms with Gasteiger partial charge in [0.05, 0.1) is 0 Å². The standard InChI is InChI=1S/C11H15N4O3/c1-4-6-5-15-7-8(12-10(15)18-6)13(2)11(17)14(3)9(7)16/h6-7H,4-5H2,1-3H3/q+1. The van der Waals surface area contributed by atoms with Crippen LogP contribution < -0.4 is 0 Å². The summed E-state index contributed by atoms with van der Waals surface area (Å²) < 4.78 is 7.48. The number of carbonyl (C=O) groups is 2. The molecule has 7 nitrogen and oxygen atoms in total. The molecule has 0 aromatic heterocycles. The smallest absolute Gasteiger partial charge is 0.421 e. The van der Waals surface area contributed by atoms with Gasteiger partial charge in [-0.05, 0) is 6.42 Å². The molecule has 0 aromatic rings. The van der Waals surface area contributed by atoms with Crippen molar-refractivity contribution in [1.82, 2.24) is 9.80 Å². The van der Waals surface area contributed by atoms with Crippen LogP contribution in [-0.2, 0) is 9.53 Å². The number of amides is 3. The van der Waals surface area contributed by atoms with Crippen LogP contribution in [0.4, 0.5) is 4.79 Å². The Labute approximate surface area is 104 Å². The van der Waals surface area contributed by atoms with E-state index in [0.29, 0.717) is 18.4 Å². The van der Waals surface area contributed by atoms with E-state index in [2.05, 4.69) is 4.99 Å². The van der Waals surface area contributed by atoms with E-state index in [-0.39, 0.29) is 18.0 Å². The molecular weight excluding hydrogens is 236 g/mol. The third kappa shape index (κ3) is 1.24. The number of hydrogen-bond donors (Lipinski definition) is 0. The van der Waals surface area contributed by atoms with Crippen molar-refractivity contribution in [3.63, 3.8) is 0 Å². The predicted molar refractivity (Wildman–Crippen MR) is 62.5 cm³/mol. The molecule has 3 amide bonds. The fourth-order valence-electron chi connectivity index (χ4n) is 2.47. The molecule has 0 N–H and O–H groups in total. The summed E-state index contributed by atoms with van der Waals surface area (Å²) in [5.41, 5.74) is 0. The maximum absolute atomic E-state index is 12.2. The van der Waals surface area contributed by atoms with Gasteiger partial charge < -0.3 is 4.74 Å². The van der Waals surface area contributed by atoms with Crippen molar-refractivity contribution in [2.75, 3.05) is 20.6 Å². The summed E-state index contributed by atoms with van der Waals surface area (Å²) in [5, 5.41) is 0. The zero-order chi connectivity index (χ0) is 13.0. The maximum atomic E-state index is 12.2. The minimum atomic E-state index is -0.510. The number of fused-ring (bicyclic) bond motifs is 2. The molecule has 0 saturated carbocycles. The molecule has 2 atom stereocenters. The van der Waals surface area contributed by atoms with Gasteiger partial charge in [0.25, 0.3) is 17.8 Å². The Kier molecular flexibility index (Phi) is 2.20. The van der Waals surface area contributed by atoms with E-state index in [1.54, 1.807) is 7.05 Å². The molecule has 3 aliphatic heterocycles. The number of ether oxygens (including phenoxy) is 1. The van der Waals surface area contributed by atoms with Crippen LogP contribution in [0.5, 0.6) is 0 Å². The number of amidine groups is 2. The first-order chi connectivity index (χ1) is 8.54. The topological polar surface area (TPSA) is 65.2 Å². The summed E-state index contributed by atoms with van der Waals surface area (Å²) in [6.07, 6.45) is 0.947. The number of likely N-dealkylation sites (N-methyl/N-ethyl adjacent to an activating group) is 2. The van der Waals surface area contributed by atoms with Crippen LogP contribution >= 0.6 is 0 Å². The molecule has 3 rings (SSSR count). The lowest BCUT2D eigenvalue weighted by molar-refractivity contribution is -0.529. The summed E-state index contributed by atoms with van der Waals surface area (Å²) in [6.45, 7) is 2.67. The molecule has 1 fully saturated rings. The second-order valence-electron chi connectivity index (χ2n) is 4.69. The third-order valence-corrected chi connectivity index (χ3v) is 3.62. The van der Waals surface area contributed by atoms with Gasteiger partial charge in [-0.25, -0.2) is 4.79 Å². The first kappa shape index (κ1) is 11.2. The van der Waals surface area contributed by atoms with Gasteiger partial charge in [0.2, 0.25) is 0 Å². The molecule has 18 heavy (non-hydrogen) atoms. The zero-order valence-electron chi connectivity index (χ0n) is 10.6. The molecule has 1 saturated heterocycles. The Balaban J connectivity index is 1.98. The number of hydrogen-bond acceptors (Lipinski definition) is 4. The molecule has 7 heteroatoms. The molecular formula is C11H15N4O3+. The van der Waals surface area contributed by atoms with Crippen LogP contribution in [-0.4, -0.2) is 71.0 Å². The lowest BCUT2D eigenvalue weighted by atomic mass is 10.1. The monoisotopic (exact) mass is 251 g/mol. The Morgan fingerprint density at radius 2 is 2.11 bits per heavy atom. The van der Waals surface area contributed by atoms with Crippen molar-refractivity contribution in [2.24, 2.45) is 4.99 Å². The van der Waals surface area contributed by atoms with Crippen LogP contribution in [0.2, 0.25) is 0 Å². The Bertz CT molecular complexity index is 510. The number of imide groups is 1. The van der Waals surface area contributed by atoms with Gasteiger partial charge in [-0.2, -0.15) is 4.58 Å². The molecule has 2 unspecified atom stereocenters.